The molecule has 18 heavy (non-hydrogen) atoms. The van der Waals surface area contributed by atoms with Gasteiger partial charge in [0.1, 0.15) is 0 Å². The Labute approximate surface area is 106 Å². The van der Waals surface area contributed by atoms with Crippen LogP contribution in [0.15, 0.2) is 24.4 Å². The van der Waals surface area contributed by atoms with Gasteiger partial charge in [0.2, 0.25) is 0 Å². The van der Waals surface area contributed by atoms with Gasteiger partial charge in [0, 0.05) is 19.8 Å². The number of pyridine rings is 1. The first-order valence-electron chi connectivity index (χ1n) is 5.62. The van der Waals surface area contributed by atoms with Gasteiger partial charge >= 0.3 is 12.0 Å². The Morgan fingerprint density at radius 3 is 2.78 bits per heavy atom. The summed E-state index contributed by atoms with van der Waals surface area (Å²) in [4.78, 5) is 27.8. The highest BCUT2D eigenvalue weighted by molar-refractivity contribution is 5.75. The molecule has 0 aliphatic carbocycles. The highest BCUT2D eigenvalue weighted by Gasteiger charge is 2.16. The van der Waals surface area contributed by atoms with Gasteiger partial charge in [0.15, 0.2) is 0 Å². The molecule has 0 bridgehead atoms. The number of carboxylic acid groups (broad SMARTS) is 1. The van der Waals surface area contributed by atoms with Crippen LogP contribution in [-0.2, 0) is 11.3 Å². The van der Waals surface area contributed by atoms with Crippen molar-refractivity contribution in [2.24, 2.45) is 5.92 Å². The van der Waals surface area contributed by atoms with Crippen LogP contribution in [0.5, 0.6) is 0 Å². The molecule has 1 aromatic rings. The second kappa shape index (κ2) is 6.58. The fraction of sp³-hybridized carbons (Fsp3) is 0.417. The van der Waals surface area contributed by atoms with Crippen molar-refractivity contribution < 1.29 is 14.7 Å². The number of amides is 2. The summed E-state index contributed by atoms with van der Waals surface area (Å²) < 4.78 is 0. The van der Waals surface area contributed by atoms with Gasteiger partial charge in [-0.15, -0.1) is 0 Å². The lowest BCUT2D eigenvalue weighted by molar-refractivity contribution is -0.141. The fourth-order valence-electron chi connectivity index (χ4n) is 1.38. The molecule has 6 heteroatoms. The van der Waals surface area contributed by atoms with Gasteiger partial charge in [0.25, 0.3) is 0 Å². The number of aliphatic carboxylic acids is 1. The summed E-state index contributed by atoms with van der Waals surface area (Å²) in [5.74, 6) is -1.50. The van der Waals surface area contributed by atoms with E-state index < -0.39 is 11.9 Å². The van der Waals surface area contributed by atoms with E-state index in [1.54, 1.807) is 32.3 Å². The molecule has 0 aromatic carbocycles. The maximum absolute atomic E-state index is 11.7. The molecule has 0 fully saturated rings. The zero-order valence-electron chi connectivity index (χ0n) is 10.5. The number of carbonyl (C=O) groups excluding carboxylic acids is 1. The van der Waals surface area contributed by atoms with E-state index in [4.69, 9.17) is 5.11 Å². The fourth-order valence-corrected chi connectivity index (χ4v) is 1.38. The number of hydrogen-bond donors (Lipinski definition) is 2. The average molecular weight is 251 g/mol. The summed E-state index contributed by atoms with van der Waals surface area (Å²) in [7, 11) is 1.56. The first kappa shape index (κ1) is 14.0. The average Bonchev–Trinajstić information content (AvgIpc) is 2.36. The molecule has 0 aliphatic heterocycles. The van der Waals surface area contributed by atoms with Crippen LogP contribution >= 0.6 is 0 Å². The summed E-state index contributed by atoms with van der Waals surface area (Å²) in [6.07, 6.45) is 1.65. The summed E-state index contributed by atoms with van der Waals surface area (Å²) in [6, 6.07) is 5.13. The summed E-state index contributed by atoms with van der Waals surface area (Å²) >= 11 is 0. The summed E-state index contributed by atoms with van der Waals surface area (Å²) in [5.41, 5.74) is 0.755. The normalized spacial score (nSPS) is 11.7. The number of urea groups is 1. The Kier molecular flexibility index (Phi) is 5.10. The highest BCUT2D eigenvalue weighted by atomic mass is 16.4. The van der Waals surface area contributed by atoms with Gasteiger partial charge in [-0.2, -0.15) is 0 Å². The van der Waals surface area contributed by atoms with E-state index in [9.17, 15) is 9.59 Å². The Morgan fingerprint density at radius 1 is 1.50 bits per heavy atom. The van der Waals surface area contributed by atoms with E-state index >= 15 is 0 Å². The van der Waals surface area contributed by atoms with Crippen LogP contribution in [-0.4, -0.2) is 40.6 Å². The molecule has 1 heterocycles. The van der Waals surface area contributed by atoms with E-state index in [2.05, 4.69) is 10.3 Å². The quantitative estimate of drug-likeness (QED) is 0.816. The maximum Gasteiger partial charge on any atom is 0.317 e. The zero-order valence-corrected chi connectivity index (χ0v) is 10.5. The minimum atomic E-state index is -0.917. The standard InChI is InChI=1S/C12H17N3O3/c1-9(11(16)17)8-15(2)12(18)14-7-10-5-3-4-6-13-10/h3-6,9H,7-8H2,1-2H3,(H,14,18)(H,16,17). The third-order valence-electron chi connectivity index (χ3n) is 2.46. The van der Waals surface area contributed by atoms with Crippen molar-refractivity contribution in [2.45, 2.75) is 13.5 Å². The third-order valence-corrected chi connectivity index (χ3v) is 2.46. The van der Waals surface area contributed by atoms with Crippen LogP contribution in [0.25, 0.3) is 0 Å². The van der Waals surface area contributed by atoms with Crippen LogP contribution in [0, 0.1) is 5.92 Å². The van der Waals surface area contributed by atoms with E-state index in [0.29, 0.717) is 6.54 Å². The lowest BCUT2D eigenvalue weighted by Crippen LogP contribution is -2.40. The predicted molar refractivity (Wildman–Crippen MR) is 65.9 cm³/mol. The minimum Gasteiger partial charge on any atom is -0.481 e. The van der Waals surface area contributed by atoms with E-state index in [0.717, 1.165) is 5.69 Å². The molecule has 1 atom stereocenters. The molecule has 6 nitrogen and oxygen atoms in total. The van der Waals surface area contributed by atoms with Crippen LogP contribution < -0.4 is 5.32 Å². The van der Waals surface area contributed by atoms with Crippen molar-refractivity contribution in [1.29, 1.82) is 0 Å². The SMILES string of the molecule is CC(CN(C)C(=O)NCc1ccccn1)C(=O)O. The Balaban J connectivity index is 2.39. The van der Waals surface area contributed by atoms with Crippen molar-refractivity contribution in [3.05, 3.63) is 30.1 Å². The number of carbonyl (C=O) groups is 2. The predicted octanol–water partition coefficient (Wildman–Crippen LogP) is 0.944. The molecule has 1 rings (SSSR count). The molecule has 98 valence electrons. The Bertz CT molecular complexity index is 408. The van der Waals surface area contributed by atoms with Crippen molar-refractivity contribution in [2.75, 3.05) is 13.6 Å². The molecule has 0 radical (unpaired) electrons. The number of aromatic nitrogens is 1. The molecule has 2 amide bonds. The second-order valence-corrected chi connectivity index (χ2v) is 4.10. The number of rotatable bonds is 5. The minimum absolute atomic E-state index is 0.170. The second-order valence-electron chi connectivity index (χ2n) is 4.10. The van der Waals surface area contributed by atoms with Gasteiger partial charge in [-0.25, -0.2) is 4.79 Å². The largest absolute Gasteiger partial charge is 0.481 e. The van der Waals surface area contributed by atoms with Crippen LogP contribution in [0.3, 0.4) is 0 Å². The van der Waals surface area contributed by atoms with Crippen LogP contribution in [0.1, 0.15) is 12.6 Å². The smallest absolute Gasteiger partial charge is 0.317 e. The molecule has 0 spiro atoms. The van der Waals surface area contributed by atoms with Gasteiger partial charge in [-0.1, -0.05) is 13.0 Å². The molecule has 0 saturated carbocycles. The molecule has 0 aliphatic rings. The molecular weight excluding hydrogens is 234 g/mol. The highest BCUT2D eigenvalue weighted by Crippen LogP contribution is 1.99. The van der Waals surface area contributed by atoms with E-state index in [1.165, 1.54) is 4.90 Å². The Hall–Kier alpha value is -2.11. The number of carboxylic acids is 1. The van der Waals surface area contributed by atoms with Gasteiger partial charge in [-0.3, -0.25) is 9.78 Å². The van der Waals surface area contributed by atoms with Crippen molar-refractivity contribution in [3.8, 4) is 0 Å². The molecule has 1 unspecified atom stereocenters. The van der Waals surface area contributed by atoms with Gasteiger partial charge < -0.3 is 15.3 Å². The number of nitrogens with one attached hydrogen (secondary N) is 1. The third kappa shape index (κ3) is 4.40. The van der Waals surface area contributed by atoms with Gasteiger partial charge in [0.05, 0.1) is 18.2 Å². The zero-order chi connectivity index (χ0) is 13.5. The van der Waals surface area contributed by atoms with Crippen LogP contribution in [0.4, 0.5) is 4.79 Å². The van der Waals surface area contributed by atoms with E-state index in [1.807, 2.05) is 6.07 Å². The first-order chi connectivity index (χ1) is 8.50. The first-order valence-corrected chi connectivity index (χ1v) is 5.62. The van der Waals surface area contributed by atoms with E-state index in [-0.39, 0.29) is 12.6 Å². The maximum atomic E-state index is 11.7. The lowest BCUT2D eigenvalue weighted by atomic mass is 10.2. The summed E-state index contributed by atoms with van der Waals surface area (Å²) in [6.45, 7) is 2.06. The lowest BCUT2D eigenvalue weighted by Gasteiger charge is -2.19. The van der Waals surface area contributed by atoms with Crippen molar-refractivity contribution >= 4 is 12.0 Å². The number of hydrogen-bond acceptors (Lipinski definition) is 3. The van der Waals surface area contributed by atoms with Crippen LogP contribution in [0.2, 0.25) is 0 Å². The Morgan fingerprint density at radius 2 is 2.22 bits per heavy atom. The molecular formula is C12H17N3O3. The molecule has 0 saturated heterocycles. The van der Waals surface area contributed by atoms with Crippen molar-refractivity contribution in [3.63, 3.8) is 0 Å². The van der Waals surface area contributed by atoms with Crippen molar-refractivity contribution in [1.82, 2.24) is 15.2 Å². The summed E-state index contributed by atoms with van der Waals surface area (Å²) in [5, 5.41) is 11.4. The topological polar surface area (TPSA) is 82.5 Å². The van der Waals surface area contributed by atoms with Gasteiger partial charge in [-0.05, 0) is 12.1 Å². The molecule has 1 aromatic heterocycles. The number of nitrogens with zero attached hydrogens (tertiary/aromatic N) is 2. The molecule has 2 N–H and O–H groups in total. The monoisotopic (exact) mass is 251 g/mol.